The van der Waals surface area contributed by atoms with Gasteiger partial charge in [-0.1, -0.05) is 206 Å². The molecule has 0 saturated heterocycles. The van der Waals surface area contributed by atoms with Crippen molar-refractivity contribution in [2.24, 2.45) is 0 Å². The lowest BCUT2D eigenvalue weighted by Crippen LogP contribution is -1.96. The summed E-state index contributed by atoms with van der Waals surface area (Å²) in [5.41, 5.74) is 17.0. The molecule has 4 heteroatoms. The standard InChI is InChI=1S/C57H38N4/c1-6-17-41(18-7-1)51-38-52(42-19-8-2-9-20-42)59-57(58-51)48-28-16-27-46(35-48)39-29-31-40(32-30-39)47-33-34-50-49(36-47)37-53(43-21-10-3-11-22-43)61-56(50)54(44-23-12-4-13-24-44)55(60-61)45-25-14-5-15-26-45/h1-38H. The molecule has 0 amide bonds. The van der Waals surface area contributed by atoms with Crippen LogP contribution >= 0.6 is 0 Å². The van der Waals surface area contributed by atoms with Gasteiger partial charge in [-0.2, -0.15) is 5.10 Å². The van der Waals surface area contributed by atoms with Crippen molar-refractivity contribution in [2.45, 2.75) is 0 Å². The molecule has 286 valence electrons. The Hall–Kier alpha value is -8.21. The predicted molar refractivity (Wildman–Crippen MR) is 252 cm³/mol. The number of fused-ring (bicyclic) bond motifs is 3. The van der Waals surface area contributed by atoms with E-state index in [9.17, 15) is 0 Å². The van der Waals surface area contributed by atoms with E-state index < -0.39 is 0 Å². The Kier molecular flexibility index (Phi) is 9.14. The fourth-order valence-corrected chi connectivity index (χ4v) is 8.40. The maximum Gasteiger partial charge on any atom is 0.160 e. The molecule has 0 N–H and O–H groups in total. The van der Waals surface area contributed by atoms with Crippen LogP contribution in [0, 0.1) is 0 Å². The van der Waals surface area contributed by atoms with Gasteiger partial charge in [0.2, 0.25) is 0 Å². The summed E-state index contributed by atoms with van der Waals surface area (Å²) in [4.78, 5) is 10.2. The number of aromatic nitrogens is 4. The van der Waals surface area contributed by atoms with Crippen LogP contribution in [0.4, 0.5) is 0 Å². The van der Waals surface area contributed by atoms with Crippen LogP contribution in [0.3, 0.4) is 0 Å². The van der Waals surface area contributed by atoms with E-state index in [1.54, 1.807) is 0 Å². The molecule has 0 spiro atoms. The second-order valence-corrected chi connectivity index (χ2v) is 15.3. The molecule has 0 fully saturated rings. The Balaban J connectivity index is 0.996. The summed E-state index contributed by atoms with van der Waals surface area (Å²) in [5.74, 6) is 0.698. The highest BCUT2D eigenvalue weighted by molar-refractivity contribution is 6.09. The lowest BCUT2D eigenvalue weighted by atomic mass is 9.94. The molecule has 0 unspecified atom stereocenters. The highest BCUT2D eigenvalue weighted by atomic mass is 15.2. The van der Waals surface area contributed by atoms with E-state index >= 15 is 0 Å². The molecule has 0 aliphatic heterocycles. The van der Waals surface area contributed by atoms with Gasteiger partial charge in [0, 0.05) is 38.8 Å². The van der Waals surface area contributed by atoms with Crippen LogP contribution in [-0.4, -0.2) is 19.6 Å². The van der Waals surface area contributed by atoms with Crippen molar-refractivity contribution < 1.29 is 0 Å². The molecule has 4 nitrogen and oxygen atoms in total. The lowest BCUT2D eigenvalue weighted by molar-refractivity contribution is 0.979. The van der Waals surface area contributed by atoms with Crippen LogP contribution in [0.25, 0.3) is 106 Å². The molecule has 3 heterocycles. The number of nitrogens with zero attached hydrogens (tertiary/aromatic N) is 4. The highest BCUT2D eigenvalue weighted by Crippen LogP contribution is 2.42. The molecular formula is C57H38N4. The number of hydrogen-bond acceptors (Lipinski definition) is 3. The largest absolute Gasteiger partial charge is 0.231 e. The van der Waals surface area contributed by atoms with Gasteiger partial charge in [0.1, 0.15) is 5.69 Å². The first-order valence-electron chi connectivity index (χ1n) is 20.6. The van der Waals surface area contributed by atoms with E-state index in [1.165, 1.54) is 0 Å². The molecule has 0 bridgehead atoms. The summed E-state index contributed by atoms with van der Waals surface area (Å²) in [6.45, 7) is 0. The normalized spacial score (nSPS) is 11.3. The molecule has 11 aromatic rings. The third kappa shape index (κ3) is 6.86. The minimum Gasteiger partial charge on any atom is -0.231 e. The summed E-state index contributed by atoms with van der Waals surface area (Å²) in [6.07, 6.45) is 0. The van der Waals surface area contributed by atoms with Gasteiger partial charge in [-0.05, 0) is 57.5 Å². The Bertz CT molecular complexity index is 3250. The average Bonchev–Trinajstić information content (AvgIpc) is 3.76. The summed E-state index contributed by atoms with van der Waals surface area (Å²) in [5, 5.41) is 7.68. The van der Waals surface area contributed by atoms with Crippen molar-refractivity contribution in [1.82, 2.24) is 19.6 Å². The van der Waals surface area contributed by atoms with Crippen molar-refractivity contribution in [3.8, 4) is 89.8 Å². The summed E-state index contributed by atoms with van der Waals surface area (Å²) >= 11 is 0. The van der Waals surface area contributed by atoms with Crippen LogP contribution in [0.5, 0.6) is 0 Å². The summed E-state index contributed by atoms with van der Waals surface area (Å²) in [7, 11) is 0. The number of rotatable bonds is 8. The number of benzene rings is 8. The third-order valence-corrected chi connectivity index (χ3v) is 11.4. The molecule has 0 saturated carbocycles. The zero-order chi connectivity index (χ0) is 40.5. The van der Waals surface area contributed by atoms with Gasteiger partial charge < -0.3 is 0 Å². The van der Waals surface area contributed by atoms with Gasteiger partial charge >= 0.3 is 0 Å². The number of hydrogen-bond donors (Lipinski definition) is 0. The first-order chi connectivity index (χ1) is 30.2. The quantitative estimate of drug-likeness (QED) is 0.154. The fraction of sp³-hybridized carbons (Fsp3) is 0. The predicted octanol–water partition coefficient (Wildman–Crippen LogP) is 14.6. The van der Waals surface area contributed by atoms with Crippen molar-refractivity contribution in [3.63, 3.8) is 0 Å². The monoisotopic (exact) mass is 778 g/mol. The van der Waals surface area contributed by atoms with Crippen molar-refractivity contribution in [3.05, 3.63) is 231 Å². The molecule has 0 atom stereocenters. The molecular weight excluding hydrogens is 741 g/mol. The van der Waals surface area contributed by atoms with Gasteiger partial charge in [-0.25, -0.2) is 14.5 Å². The van der Waals surface area contributed by atoms with Crippen LogP contribution in [0.1, 0.15) is 0 Å². The molecule has 8 aromatic carbocycles. The van der Waals surface area contributed by atoms with Gasteiger partial charge in [-0.15, -0.1) is 0 Å². The zero-order valence-electron chi connectivity index (χ0n) is 33.2. The topological polar surface area (TPSA) is 43.1 Å². The maximum absolute atomic E-state index is 5.38. The van der Waals surface area contributed by atoms with Gasteiger partial charge in [0.25, 0.3) is 0 Å². The lowest BCUT2D eigenvalue weighted by Gasteiger charge is -2.13. The van der Waals surface area contributed by atoms with Crippen LogP contribution in [-0.2, 0) is 0 Å². The Morgan fingerprint density at radius 2 is 0.770 bits per heavy atom. The van der Waals surface area contributed by atoms with E-state index in [4.69, 9.17) is 15.1 Å². The molecule has 11 rings (SSSR count). The molecule has 0 radical (unpaired) electrons. The molecule has 0 aliphatic carbocycles. The Morgan fingerprint density at radius 3 is 1.34 bits per heavy atom. The van der Waals surface area contributed by atoms with Crippen LogP contribution in [0.15, 0.2) is 231 Å². The van der Waals surface area contributed by atoms with E-state index in [0.29, 0.717) is 5.82 Å². The minimum atomic E-state index is 0.698. The minimum absolute atomic E-state index is 0.698. The van der Waals surface area contributed by atoms with E-state index in [2.05, 4.69) is 199 Å². The van der Waals surface area contributed by atoms with E-state index in [1.807, 2.05) is 36.4 Å². The first-order valence-corrected chi connectivity index (χ1v) is 20.6. The smallest absolute Gasteiger partial charge is 0.160 e. The van der Waals surface area contributed by atoms with Crippen molar-refractivity contribution >= 4 is 16.3 Å². The summed E-state index contributed by atoms with van der Waals surface area (Å²) in [6, 6.07) is 81.0. The maximum atomic E-state index is 5.38. The van der Waals surface area contributed by atoms with E-state index in [0.717, 1.165) is 100 Å². The zero-order valence-corrected chi connectivity index (χ0v) is 33.2. The van der Waals surface area contributed by atoms with Gasteiger partial charge in [0.15, 0.2) is 5.82 Å². The van der Waals surface area contributed by atoms with Crippen LogP contribution < -0.4 is 0 Å². The Morgan fingerprint density at radius 1 is 0.311 bits per heavy atom. The second-order valence-electron chi connectivity index (χ2n) is 15.3. The number of pyridine rings is 1. The van der Waals surface area contributed by atoms with Crippen LogP contribution in [0.2, 0.25) is 0 Å². The van der Waals surface area contributed by atoms with Gasteiger partial charge in [-0.3, -0.25) is 0 Å². The molecule has 3 aromatic heterocycles. The first kappa shape index (κ1) is 35.9. The van der Waals surface area contributed by atoms with Gasteiger partial charge in [0.05, 0.1) is 22.6 Å². The van der Waals surface area contributed by atoms with E-state index in [-0.39, 0.29) is 0 Å². The molecule has 0 aliphatic rings. The van der Waals surface area contributed by atoms with Crippen molar-refractivity contribution in [2.75, 3.05) is 0 Å². The average molecular weight is 779 g/mol. The fourth-order valence-electron chi connectivity index (χ4n) is 8.40. The SMILES string of the molecule is c1ccc(-c2cc(-c3ccccc3)nc(-c3cccc(-c4ccc(-c5ccc6c(c5)cc(-c5ccccc5)n5nc(-c7ccccc7)c(-c7ccccc7)c65)cc4)c3)n2)cc1. The molecule has 61 heavy (non-hydrogen) atoms. The second kappa shape index (κ2) is 15.5. The highest BCUT2D eigenvalue weighted by Gasteiger charge is 2.22. The third-order valence-electron chi connectivity index (χ3n) is 11.4. The Labute approximate surface area is 354 Å². The van der Waals surface area contributed by atoms with Crippen molar-refractivity contribution in [1.29, 1.82) is 0 Å². The summed E-state index contributed by atoms with van der Waals surface area (Å²) < 4.78 is 2.15.